The van der Waals surface area contributed by atoms with E-state index >= 15 is 0 Å². The molecular formula is C16H14ClNO6S. The molecule has 0 fully saturated rings. The van der Waals surface area contributed by atoms with Gasteiger partial charge in [-0.25, -0.2) is 4.79 Å². The SMILES string of the molecule is COc1ccc(C(Sc2c(Cl)cccc2[N+](=O)[O-])C(O)C(=O)O)cc1. The van der Waals surface area contributed by atoms with Gasteiger partial charge in [-0.05, 0) is 23.8 Å². The van der Waals surface area contributed by atoms with Gasteiger partial charge in [0, 0.05) is 6.07 Å². The van der Waals surface area contributed by atoms with Crippen molar-refractivity contribution in [2.75, 3.05) is 7.11 Å². The first kappa shape index (κ1) is 19.0. The summed E-state index contributed by atoms with van der Waals surface area (Å²) in [6, 6.07) is 10.6. The summed E-state index contributed by atoms with van der Waals surface area (Å²) in [6.07, 6.45) is -1.78. The van der Waals surface area contributed by atoms with Crippen LogP contribution >= 0.6 is 23.4 Å². The molecule has 0 aliphatic carbocycles. The minimum atomic E-state index is -1.78. The second kappa shape index (κ2) is 8.19. The summed E-state index contributed by atoms with van der Waals surface area (Å²) in [5, 5.41) is 29.6. The van der Waals surface area contributed by atoms with Gasteiger partial charge in [0.05, 0.1) is 22.3 Å². The predicted octanol–water partition coefficient (Wildman–Crippen LogP) is 3.54. The average Bonchev–Trinajstić information content (AvgIpc) is 2.60. The third-order valence-electron chi connectivity index (χ3n) is 3.37. The Bertz CT molecular complexity index is 783. The number of nitro groups is 1. The molecule has 2 aromatic carbocycles. The van der Waals surface area contributed by atoms with Crippen LogP contribution in [0, 0.1) is 10.1 Å². The van der Waals surface area contributed by atoms with Crippen molar-refractivity contribution < 1.29 is 24.7 Å². The number of ether oxygens (including phenoxy) is 1. The number of carboxylic acids is 1. The Morgan fingerprint density at radius 2 is 1.92 bits per heavy atom. The summed E-state index contributed by atoms with van der Waals surface area (Å²) in [5.41, 5.74) is 0.212. The summed E-state index contributed by atoms with van der Waals surface area (Å²) in [7, 11) is 1.49. The number of nitrogens with zero attached hydrogens (tertiary/aromatic N) is 1. The fourth-order valence-corrected chi connectivity index (χ4v) is 3.66. The minimum Gasteiger partial charge on any atom is -0.497 e. The Morgan fingerprint density at radius 1 is 1.28 bits per heavy atom. The molecule has 2 unspecified atom stereocenters. The number of thioether (sulfide) groups is 1. The van der Waals surface area contributed by atoms with Crippen molar-refractivity contribution in [2.24, 2.45) is 0 Å². The van der Waals surface area contributed by atoms with Crippen LogP contribution in [-0.2, 0) is 4.79 Å². The number of aliphatic carboxylic acids is 1. The maximum atomic E-state index is 11.3. The lowest BCUT2D eigenvalue weighted by Crippen LogP contribution is -2.26. The van der Waals surface area contributed by atoms with E-state index in [0.29, 0.717) is 11.3 Å². The maximum Gasteiger partial charge on any atom is 0.334 e. The summed E-state index contributed by atoms with van der Waals surface area (Å²) in [6.45, 7) is 0. The summed E-state index contributed by atoms with van der Waals surface area (Å²) < 4.78 is 5.05. The number of methoxy groups -OCH3 is 1. The summed E-state index contributed by atoms with van der Waals surface area (Å²) in [4.78, 5) is 22.0. The van der Waals surface area contributed by atoms with Gasteiger partial charge in [-0.3, -0.25) is 10.1 Å². The van der Waals surface area contributed by atoms with Gasteiger partial charge in [0.15, 0.2) is 6.10 Å². The topological polar surface area (TPSA) is 110 Å². The van der Waals surface area contributed by atoms with Gasteiger partial charge in [0.25, 0.3) is 5.69 Å². The van der Waals surface area contributed by atoms with Crippen LogP contribution in [0.2, 0.25) is 5.02 Å². The molecule has 2 rings (SSSR count). The van der Waals surface area contributed by atoms with Crippen LogP contribution in [0.3, 0.4) is 0 Å². The van der Waals surface area contributed by atoms with Crippen molar-refractivity contribution in [1.29, 1.82) is 0 Å². The molecule has 0 radical (unpaired) electrons. The van der Waals surface area contributed by atoms with Crippen LogP contribution in [-0.4, -0.2) is 34.3 Å². The van der Waals surface area contributed by atoms with E-state index in [1.54, 1.807) is 24.3 Å². The zero-order chi connectivity index (χ0) is 18.6. The molecule has 2 aromatic rings. The molecule has 0 heterocycles. The Kier molecular flexibility index (Phi) is 6.24. The molecular weight excluding hydrogens is 370 g/mol. The van der Waals surface area contributed by atoms with Crippen molar-refractivity contribution >= 4 is 35.0 Å². The van der Waals surface area contributed by atoms with Gasteiger partial charge in [0.2, 0.25) is 0 Å². The molecule has 0 spiro atoms. The van der Waals surface area contributed by atoms with Crippen LogP contribution in [0.1, 0.15) is 10.8 Å². The first-order valence-corrected chi connectivity index (χ1v) is 8.25. The van der Waals surface area contributed by atoms with Crippen LogP contribution in [0.4, 0.5) is 5.69 Å². The van der Waals surface area contributed by atoms with E-state index in [9.17, 15) is 25.1 Å². The Labute approximate surface area is 152 Å². The fraction of sp³-hybridized carbons (Fsp3) is 0.188. The molecule has 2 N–H and O–H groups in total. The van der Waals surface area contributed by atoms with Gasteiger partial charge < -0.3 is 14.9 Å². The Balaban J connectivity index is 2.47. The highest BCUT2D eigenvalue weighted by molar-refractivity contribution is 7.99. The fourth-order valence-electron chi connectivity index (χ4n) is 2.12. The maximum absolute atomic E-state index is 11.3. The third kappa shape index (κ3) is 4.41. The molecule has 7 nitrogen and oxygen atoms in total. The van der Waals surface area contributed by atoms with Crippen molar-refractivity contribution in [1.82, 2.24) is 0 Å². The number of halogens is 1. The van der Waals surface area contributed by atoms with Crippen molar-refractivity contribution in [3.8, 4) is 5.75 Å². The number of benzene rings is 2. The average molecular weight is 384 g/mol. The molecule has 0 aliphatic rings. The Morgan fingerprint density at radius 3 is 2.44 bits per heavy atom. The first-order valence-electron chi connectivity index (χ1n) is 6.99. The van der Waals surface area contributed by atoms with E-state index in [-0.39, 0.29) is 15.6 Å². The molecule has 0 bridgehead atoms. The second-order valence-corrected chi connectivity index (χ2v) is 6.50. The number of carboxylic acid groups (broad SMARTS) is 1. The normalized spacial score (nSPS) is 13.1. The standard InChI is InChI=1S/C16H14ClNO6S/c1-24-10-7-5-9(6-8-10)14(13(19)16(20)21)25-15-11(17)3-2-4-12(15)18(22)23/h2-8,13-14,19H,1H3,(H,20,21). The van der Waals surface area contributed by atoms with Gasteiger partial charge in [-0.2, -0.15) is 0 Å². The molecule has 0 aliphatic heterocycles. The molecule has 25 heavy (non-hydrogen) atoms. The van der Waals surface area contributed by atoms with E-state index in [2.05, 4.69) is 0 Å². The number of hydrogen-bond donors (Lipinski definition) is 2. The van der Waals surface area contributed by atoms with Crippen molar-refractivity contribution in [3.05, 3.63) is 63.2 Å². The molecule has 0 saturated carbocycles. The lowest BCUT2D eigenvalue weighted by Gasteiger charge is -2.20. The molecule has 132 valence electrons. The van der Waals surface area contributed by atoms with E-state index in [0.717, 1.165) is 11.8 Å². The molecule has 0 saturated heterocycles. The summed E-state index contributed by atoms with van der Waals surface area (Å²) >= 11 is 6.89. The van der Waals surface area contributed by atoms with Crippen molar-refractivity contribution in [3.63, 3.8) is 0 Å². The highest BCUT2D eigenvalue weighted by Crippen LogP contribution is 2.45. The van der Waals surface area contributed by atoms with Crippen LogP contribution in [0.5, 0.6) is 5.75 Å². The van der Waals surface area contributed by atoms with E-state index in [1.807, 2.05) is 0 Å². The number of aliphatic hydroxyl groups is 1. The van der Waals surface area contributed by atoms with Crippen LogP contribution in [0.25, 0.3) is 0 Å². The van der Waals surface area contributed by atoms with Gasteiger partial charge in [-0.1, -0.05) is 29.8 Å². The van der Waals surface area contributed by atoms with Gasteiger partial charge in [0.1, 0.15) is 10.6 Å². The number of nitro benzene ring substituents is 1. The van der Waals surface area contributed by atoms with Crippen LogP contribution < -0.4 is 4.74 Å². The number of rotatable bonds is 7. The van der Waals surface area contributed by atoms with Gasteiger partial charge >= 0.3 is 5.97 Å². The number of aliphatic hydroxyl groups excluding tert-OH is 1. The number of hydrogen-bond acceptors (Lipinski definition) is 6. The largest absolute Gasteiger partial charge is 0.497 e. The predicted molar refractivity (Wildman–Crippen MR) is 93.3 cm³/mol. The minimum absolute atomic E-state index is 0.0929. The molecule has 0 amide bonds. The van der Waals surface area contributed by atoms with E-state index in [1.165, 1.54) is 25.3 Å². The first-order chi connectivity index (χ1) is 11.8. The zero-order valence-electron chi connectivity index (χ0n) is 13.0. The second-order valence-electron chi connectivity index (χ2n) is 4.94. The molecule has 2 atom stereocenters. The van der Waals surface area contributed by atoms with Crippen LogP contribution in [0.15, 0.2) is 47.4 Å². The molecule has 0 aromatic heterocycles. The smallest absolute Gasteiger partial charge is 0.334 e. The Hall–Kier alpha value is -2.29. The number of carbonyl (C=O) groups is 1. The van der Waals surface area contributed by atoms with E-state index in [4.69, 9.17) is 16.3 Å². The highest BCUT2D eigenvalue weighted by Gasteiger charge is 2.31. The zero-order valence-corrected chi connectivity index (χ0v) is 14.5. The lowest BCUT2D eigenvalue weighted by atomic mass is 10.1. The third-order valence-corrected chi connectivity index (χ3v) is 5.25. The van der Waals surface area contributed by atoms with Crippen molar-refractivity contribution in [2.45, 2.75) is 16.2 Å². The summed E-state index contributed by atoms with van der Waals surface area (Å²) in [5.74, 6) is -0.885. The lowest BCUT2D eigenvalue weighted by molar-refractivity contribution is -0.387. The van der Waals surface area contributed by atoms with E-state index < -0.39 is 22.2 Å². The quantitative estimate of drug-likeness (QED) is 0.427. The molecule has 9 heteroatoms. The highest BCUT2D eigenvalue weighted by atomic mass is 35.5. The van der Waals surface area contributed by atoms with Gasteiger partial charge in [-0.15, -0.1) is 11.8 Å². The monoisotopic (exact) mass is 383 g/mol.